The van der Waals surface area contributed by atoms with Crippen LogP contribution in [0.3, 0.4) is 0 Å². The van der Waals surface area contributed by atoms with Crippen molar-refractivity contribution in [1.82, 2.24) is 5.01 Å². The molecule has 0 fully saturated rings. The number of hydrogen-bond acceptors (Lipinski definition) is 5. The van der Waals surface area contributed by atoms with Gasteiger partial charge in [-0.05, 0) is 42.0 Å². The predicted molar refractivity (Wildman–Crippen MR) is 112 cm³/mol. The Balaban J connectivity index is 1.44. The lowest BCUT2D eigenvalue weighted by atomic mass is 9.96. The van der Waals surface area contributed by atoms with E-state index >= 15 is 0 Å². The number of halogens is 1. The van der Waals surface area contributed by atoms with Crippen LogP contribution in [0.5, 0.6) is 17.2 Å². The summed E-state index contributed by atoms with van der Waals surface area (Å²) in [7, 11) is 0. The Labute approximate surface area is 176 Å². The van der Waals surface area contributed by atoms with Crippen molar-refractivity contribution < 1.29 is 14.2 Å². The molecule has 0 amide bonds. The van der Waals surface area contributed by atoms with Gasteiger partial charge in [-0.25, -0.2) is 5.01 Å². The lowest BCUT2D eigenvalue weighted by Crippen LogP contribution is -2.33. The van der Waals surface area contributed by atoms with Gasteiger partial charge in [0.2, 0.25) is 13.0 Å². The summed E-state index contributed by atoms with van der Waals surface area (Å²) < 4.78 is 18.5. The molecule has 3 aromatic rings. The molecule has 3 aliphatic rings. The lowest BCUT2D eigenvalue weighted by molar-refractivity contribution is -0.0191. The largest absolute Gasteiger partial charge is 0.464 e. The van der Waals surface area contributed by atoms with Crippen LogP contribution in [0.4, 0.5) is 0 Å². The summed E-state index contributed by atoms with van der Waals surface area (Å²) in [6.07, 6.45) is 0.514. The summed E-state index contributed by atoms with van der Waals surface area (Å²) in [5.41, 5.74) is 4.35. The van der Waals surface area contributed by atoms with E-state index < -0.39 is 0 Å². The normalized spacial score (nSPS) is 21.3. The van der Waals surface area contributed by atoms with Crippen LogP contribution >= 0.6 is 15.9 Å². The van der Waals surface area contributed by atoms with Gasteiger partial charge in [0.05, 0.1) is 11.8 Å². The molecule has 2 atom stereocenters. The zero-order valence-electron chi connectivity index (χ0n) is 15.4. The van der Waals surface area contributed by atoms with Gasteiger partial charge in [0.15, 0.2) is 11.5 Å². The molecule has 6 heteroatoms. The van der Waals surface area contributed by atoms with Gasteiger partial charge in [0.25, 0.3) is 0 Å². The second-order valence-electron chi connectivity index (χ2n) is 7.27. The lowest BCUT2D eigenvalue weighted by Gasteiger charge is -2.38. The Bertz CT molecular complexity index is 1130. The molecule has 0 saturated carbocycles. The van der Waals surface area contributed by atoms with Crippen LogP contribution in [0.1, 0.15) is 35.4 Å². The Hall–Kier alpha value is -2.99. The number of hydrazone groups is 1. The quantitative estimate of drug-likeness (QED) is 0.524. The van der Waals surface area contributed by atoms with Crippen molar-refractivity contribution in [2.45, 2.75) is 18.7 Å². The van der Waals surface area contributed by atoms with Crippen molar-refractivity contribution in [2.75, 3.05) is 6.79 Å². The molecule has 0 saturated heterocycles. The molecular formula is C23H17BrN2O3. The molecule has 6 rings (SSSR count). The van der Waals surface area contributed by atoms with Crippen LogP contribution < -0.4 is 14.2 Å². The van der Waals surface area contributed by atoms with E-state index in [1.807, 2.05) is 30.3 Å². The van der Waals surface area contributed by atoms with Gasteiger partial charge < -0.3 is 14.2 Å². The number of benzene rings is 3. The predicted octanol–water partition coefficient (Wildman–Crippen LogP) is 5.42. The maximum absolute atomic E-state index is 6.41. The first-order valence-corrected chi connectivity index (χ1v) is 10.3. The average molecular weight is 449 g/mol. The molecule has 0 aliphatic carbocycles. The molecule has 144 valence electrons. The zero-order chi connectivity index (χ0) is 19.4. The molecular weight excluding hydrogens is 432 g/mol. The van der Waals surface area contributed by atoms with E-state index in [9.17, 15) is 0 Å². The summed E-state index contributed by atoms with van der Waals surface area (Å²) in [5, 5.41) is 7.08. The topological polar surface area (TPSA) is 43.3 Å². The highest BCUT2D eigenvalue weighted by molar-refractivity contribution is 9.10. The number of hydrogen-bond donors (Lipinski definition) is 0. The molecule has 0 bridgehead atoms. The van der Waals surface area contributed by atoms with E-state index in [4.69, 9.17) is 19.3 Å². The molecule has 5 nitrogen and oxygen atoms in total. The first kappa shape index (κ1) is 16.9. The minimum atomic E-state index is -0.322. The summed E-state index contributed by atoms with van der Waals surface area (Å²) in [4.78, 5) is 0. The summed E-state index contributed by atoms with van der Waals surface area (Å²) in [5.74, 6) is 2.42. The number of ether oxygens (including phenoxy) is 3. The highest BCUT2D eigenvalue weighted by Crippen LogP contribution is 2.48. The molecule has 0 spiro atoms. The fraction of sp³-hybridized carbons (Fsp3) is 0.174. The van der Waals surface area contributed by atoms with Crippen LogP contribution in [-0.2, 0) is 0 Å². The van der Waals surface area contributed by atoms with Gasteiger partial charge in [-0.2, -0.15) is 5.10 Å². The maximum atomic E-state index is 6.41. The first-order chi connectivity index (χ1) is 14.3. The van der Waals surface area contributed by atoms with Crippen molar-refractivity contribution >= 4 is 21.6 Å². The minimum absolute atomic E-state index is 0.133. The van der Waals surface area contributed by atoms with Gasteiger partial charge in [0.1, 0.15) is 5.75 Å². The van der Waals surface area contributed by atoms with E-state index in [1.54, 1.807) is 0 Å². The number of fused-ring (bicyclic) bond motifs is 4. The molecule has 0 unspecified atom stereocenters. The van der Waals surface area contributed by atoms with E-state index in [1.165, 1.54) is 5.56 Å². The second kappa shape index (κ2) is 6.52. The van der Waals surface area contributed by atoms with Crippen molar-refractivity contribution in [3.63, 3.8) is 0 Å². The van der Waals surface area contributed by atoms with E-state index in [-0.39, 0.29) is 19.1 Å². The number of rotatable bonds is 2. The van der Waals surface area contributed by atoms with Crippen LogP contribution in [0.15, 0.2) is 76.3 Å². The maximum Gasteiger partial charge on any atom is 0.231 e. The van der Waals surface area contributed by atoms with Crippen molar-refractivity contribution in [3.05, 3.63) is 87.9 Å². The minimum Gasteiger partial charge on any atom is -0.464 e. The zero-order valence-corrected chi connectivity index (χ0v) is 17.0. The van der Waals surface area contributed by atoms with Crippen molar-refractivity contribution in [1.29, 1.82) is 0 Å². The molecule has 0 N–H and O–H groups in total. The molecule has 3 heterocycles. The SMILES string of the molecule is Brc1ccc(C2=NN3[C@@H](c4ccc5c(c4)OCO5)Oc4ccccc4[C@@H]3C2)cc1. The Kier molecular flexibility index (Phi) is 3.81. The third kappa shape index (κ3) is 2.78. The van der Waals surface area contributed by atoms with Crippen LogP contribution in [0.25, 0.3) is 0 Å². The Morgan fingerprint density at radius 3 is 2.62 bits per heavy atom. The molecule has 0 radical (unpaired) electrons. The van der Waals surface area contributed by atoms with Gasteiger partial charge in [0, 0.05) is 22.0 Å². The number of nitrogens with zero attached hydrogens (tertiary/aromatic N) is 2. The van der Waals surface area contributed by atoms with E-state index in [2.05, 4.69) is 57.3 Å². The van der Waals surface area contributed by atoms with Crippen molar-refractivity contribution in [3.8, 4) is 17.2 Å². The molecule has 3 aromatic carbocycles. The highest BCUT2D eigenvalue weighted by atomic mass is 79.9. The smallest absolute Gasteiger partial charge is 0.231 e. The second-order valence-corrected chi connectivity index (χ2v) is 8.19. The van der Waals surface area contributed by atoms with Crippen LogP contribution in [0.2, 0.25) is 0 Å². The van der Waals surface area contributed by atoms with Crippen molar-refractivity contribution in [2.24, 2.45) is 5.10 Å². The molecule has 3 aliphatic heterocycles. The third-order valence-electron chi connectivity index (χ3n) is 5.56. The number of para-hydroxylation sites is 1. The third-order valence-corrected chi connectivity index (χ3v) is 6.09. The molecule has 0 aromatic heterocycles. The first-order valence-electron chi connectivity index (χ1n) is 9.53. The fourth-order valence-electron chi connectivity index (χ4n) is 4.14. The van der Waals surface area contributed by atoms with Gasteiger partial charge >= 0.3 is 0 Å². The Morgan fingerprint density at radius 2 is 1.72 bits per heavy atom. The summed E-state index contributed by atoms with van der Waals surface area (Å²) in [6.45, 7) is 0.255. The fourth-order valence-corrected chi connectivity index (χ4v) is 4.40. The van der Waals surface area contributed by atoms with Gasteiger partial charge in [-0.1, -0.05) is 46.3 Å². The van der Waals surface area contributed by atoms with E-state index in [0.29, 0.717) is 0 Å². The standard InChI is InChI=1S/C23H17BrN2O3/c24-16-8-5-14(6-9-16)18-12-19-17-3-1-2-4-20(17)29-23(26(19)25-18)15-7-10-21-22(11-15)28-13-27-21/h1-11,19,23H,12-13H2/t19-,23+/m0/s1. The monoisotopic (exact) mass is 448 g/mol. The highest BCUT2D eigenvalue weighted by Gasteiger charge is 2.41. The van der Waals surface area contributed by atoms with Gasteiger partial charge in [-0.15, -0.1) is 0 Å². The van der Waals surface area contributed by atoms with Crippen LogP contribution in [0, 0.1) is 0 Å². The Morgan fingerprint density at radius 1 is 0.897 bits per heavy atom. The summed E-state index contributed by atoms with van der Waals surface area (Å²) >= 11 is 3.51. The van der Waals surface area contributed by atoms with E-state index in [0.717, 1.165) is 45.0 Å². The average Bonchev–Trinajstić information content (AvgIpc) is 3.40. The molecule has 29 heavy (non-hydrogen) atoms. The van der Waals surface area contributed by atoms with Gasteiger partial charge in [-0.3, -0.25) is 0 Å². The summed E-state index contributed by atoms with van der Waals surface area (Å²) in [6, 6.07) is 22.6. The van der Waals surface area contributed by atoms with Crippen LogP contribution in [-0.4, -0.2) is 17.5 Å².